The van der Waals surface area contributed by atoms with Crippen LogP contribution in [0.4, 0.5) is 22.7 Å². The van der Waals surface area contributed by atoms with Crippen LogP contribution in [-0.4, -0.2) is 38.0 Å². The molecule has 0 aliphatic heterocycles. The molecule has 0 aliphatic carbocycles. The monoisotopic (exact) mass is 679 g/mol. The molecule has 0 saturated heterocycles. The van der Waals surface area contributed by atoms with Crippen molar-refractivity contribution in [1.29, 1.82) is 0 Å². The summed E-state index contributed by atoms with van der Waals surface area (Å²) in [5, 5.41) is 6.98. The van der Waals surface area contributed by atoms with Crippen LogP contribution in [0.2, 0.25) is 0 Å². The highest BCUT2D eigenvalue weighted by Gasteiger charge is 2.28. The molecule has 1 heterocycles. The Labute approximate surface area is 275 Å². The van der Waals surface area contributed by atoms with E-state index in [0.717, 1.165) is 0 Å². The number of methoxy groups -OCH3 is 1. The van der Waals surface area contributed by atoms with Gasteiger partial charge in [0.2, 0.25) is 16.7 Å². The number of benzene rings is 6. The highest BCUT2D eigenvalue weighted by molar-refractivity contribution is 7.86. The first kappa shape index (κ1) is 31.0. The molecule has 240 valence electrons. The molecular weight excluding hydrogens is 653 g/mol. The summed E-state index contributed by atoms with van der Waals surface area (Å²) >= 11 is 0. The molecule has 0 radical (unpaired) electrons. The maximum absolute atomic E-state index is 12.8. The Morgan fingerprint density at radius 2 is 1.27 bits per heavy atom. The van der Waals surface area contributed by atoms with Crippen LogP contribution in [0.5, 0.6) is 5.75 Å². The second-order valence-electron chi connectivity index (χ2n) is 10.9. The highest BCUT2D eigenvalue weighted by Crippen LogP contribution is 2.38. The molecule has 48 heavy (non-hydrogen) atoms. The Kier molecular flexibility index (Phi) is 7.68. The molecule has 0 amide bonds. The lowest BCUT2D eigenvalue weighted by Crippen LogP contribution is -2.33. The number of fused-ring (bicyclic) bond motifs is 4. The van der Waals surface area contributed by atoms with E-state index in [1.54, 1.807) is 42.5 Å². The van der Waals surface area contributed by atoms with Gasteiger partial charge in [0.15, 0.2) is 0 Å². The number of aromatic nitrogens is 2. The van der Waals surface area contributed by atoms with Crippen molar-refractivity contribution in [3.05, 3.63) is 121 Å². The van der Waals surface area contributed by atoms with E-state index in [4.69, 9.17) is 9.72 Å². The van der Waals surface area contributed by atoms with Gasteiger partial charge in [0.1, 0.15) is 26.6 Å². The first-order valence-electron chi connectivity index (χ1n) is 14.5. The average Bonchev–Trinajstić information content (AvgIpc) is 3.07. The van der Waals surface area contributed by atoms with E-state index in [2.05, 4.69) is 10.6 Å². The maximum Gasteiger partial charge on any atom is 0.296 e. The van der Waals surface area contributed by atoms with Crippen LogP contribution in [0, 0.1) is 0 Å². The zero-order valence-electron chi connectivity index (χ0n) is 25.2. The number of hydrogen-bond acceptors (Lipinski definition) is 8. The van der Waals surface area contributed by atoms with Gasteiger partial charge in [-0.2, -0.15) is 16.8 Å². The van der Waals surface area contributed by atoms with E-state index in [1.165, 1.54) is 25.3 Å². The van der Waals surface area contributed by atoms with Crippen LogP contribution in [0.25, 0.3) is 38.5 Å². The zero-order valence-corrected chi connectivity index (χ0v) is 26.8. The third-order valence-corrected chi connectivity index (χ3v) is 9.63. The van der Waals surface area contributed by atoms with E-state index < -0.39 is 25.1 Å². The topological polar surface area (TPSA) is 159 Å². The van der Waals surface area contributed by atoms with Crippen molar-refractivity contribution >= 4 is 75.8 Å². The van der Waals surface area contributed by atoms with Crippen molar-refractivity contribution in [2.75, 3.05) is 17.7 Å². The Morgan fingerprint density at radius 3 is 1.96 bits per heavy atom. The normalized spacial score (nSPS) is 12.0. The van der Waals surface area contributed by atoms with Gasteiger partial charge in [-0.25, -0.2) is 4.98 Å². The predicted octanol–water partition coefficient (Wildman–Crippen LogP) is 6.81. The molecule has 0 fully saturated rings. The largest absolute Gasteiger partial charge is 0.497 e. The fourth-order valence-corrected chi connectivity index (χ4v) is 7.18. The highest BCUT2D eigenvalue weighted by atomic mass is 32.2. The fraction of sp³-hybridized carbons (Fsp3) is 0.0286. The van der Waals surface area contributed by atoms with Crippen LogP contribution in [0.15, 0.2) is 131 Å². The van der Waals surface area contributed by atoms with Gasteiger partial charge in [-0.3, -0.25) is 9.11 Å². The van der Waals surface area contributed by atoms with Gasteiger partial charge >= 0.3 is 0 Å². The summed E-state index contributed by atoms with van der Waals surface area (Å²) in [6.45, 7) is 0. The van der Waals surface area contributed by atoms with Gasteiger partial charge in [-0.1, -0.05) is 54.6 Å². The fourth-order valence-electron chi connectivity index (χ4n) is 5.80. The molecule has 0 saturated carbocycles. The second kappa shape index (κ2) is 11.9. The van der Waals surface area contributed by atoms with Gasteiger partial charge in [0.05, 0.1) is 18.5 Å². The number of anilines is 4. The Morgan fingerprint density at radius 1 is 0.646 bits per heavy atom. The van der Waals surface area contributed by atoms with Crippen LogP contribution >= 0.6 is 0 Å². The summed E-state index contributed by atoms with van der Waals surface area (Å²) in [5.41, 5.74) is 3.87. The predicted molar refractivity (Wildman–Crippen MR) is 184 cm³/mol. The first-order chi connectivity index (χ1) is 23.0. The SMILES string of the molecule is COc1cccc(Nc2cc3c(cc2S(=O)(=O)O)nc2c4cccc(S(=O)(=O)O)c4c(Nc4ccccc4)cc2[n+]3-c2ccccc2)c1. The summed E-state index contributed by atoms with van der Waals surface area (Å²) in [6, 6.07) is 34.4. The Hall–Kier alpha value is -5.60. The molecule has 6 aromatic carbocycles. The van der Waals surface area contributed by atoms with E-state index in [-0.39, 0.29) is 21.5 Å². The molecule has 7 rings (SSSR count). The van der Waals surface area contributed by atoms with Gasteiger partial charge < -0.3 is 15.4 Å². The maximum atomic E-state index is 12.8. The lowest BCUT2D eigenvalue weighted by atomic mass is 10.0. The summed E-state index contributed by atoms with van der Waals surface area (Å²) < 4.78 is 78.7. The number of hydrogen-bond donors (Lipinski definition) is 4. The third-order valence-electron chi connectivity index (χ3n) is 7.84. The smallest absolute Gasteiger partial charge is 0.296 e. The van der Waals surface area contributed by atoms with Crippen molar-refractivity contribution in [2.45, 2.75) is 9.79 Å². The van der Waals surface area contributed by atoms with Gasteiger partial charge in [0.25, 0.3) is 20.2 Å². The third kappa shape index (κ3) is 5.75. The standard InChI is InChI=1S/C35H26N4O7S2/c1-46-25-15-8-12-23(18-25)37-28-19-30-27(21-33(28)48(43,44)45)38-35-26-16-9-17-32(47(40,41)42)34(26)29(36-22-10-4-2-5-11-22)20-31(35)39(30)24-13-6-3-7-14-24/h2-21H,1H3,(H3,36,37,40,41,42,43,44,45)/p+1. The van der Waals surface area contributed by atoms with Crippen molar-refractivity contribution in [1.82, 2.24) is 4.98 Å². The number of rotatable bonds is 8. The van der Waals surface area contributed by atoms with E-state index in [1.807, 2.05) is 65.2 Å². The lowest BCUT2D eigenvalue weighted by Gasteiger charge is -2.16. The van der Waals surface area contributed by atoms with Gasteiger partial charge in [0, 0.05) is 52.5 Å². The minimum absolute atomic E-state index is 0.0844. The summed E-state index contributed by atoms with van der Waals surface area (Å²) in [4.78, 5) is 4.11. The molecule has 11 nitrogen and oxygen atoms in total. The van der Waals surface area contributed by atoms with Gasteiger partial charge in [-0.05, 0) is 36.4 Å². The minimum atomic E-state index is -4.77. The molecular formula is C35H27N4O7S2+. The molecule has 0 aliphatic rings. The summed E-state index contributed by atoms with van der Waals surface area (Å²) in [6.07, 6.45) is 0. The molecule has 7 aromatic rings. The van der Waals surface area contributed by atoms with Gasteiger partial charge in [-0.15, -0.1) is 4.57 Å². The average molecular weight is 680 g/mol. The van der Waals surface area contributed by atoms with E-state index >= 15 is 0 Å². The Balaban J connectivity index is 1.63. The number of ether oxygens (including phenoxy) is 1. The van der Waals surface area contributed by atoms with Crippen LogP contribution in [0.3, 0.4) is 0 Å². The van der Waals surface area contributed by atoms with Crippen LogP contribution in [-0.2, 0) is 20.2 Å². The molecule has 0 unspecified atom stereocenters. The minimum Gasteiger partial charge on any atom is -0.497 e. The number of nitrogens with zero attached hydrogens (tertiary/aromatic N) is 2. The molecule has 0 atom stereocenters. The summed E-state index contributed by atoms with van der Waals surface area (Å²) in [7, 11) is -7.94. The van der Waals surface area contributed by atoms with Crippen molar-refractivity contribution in [3.63, 3.8) is 0 Å². The number of para-hydroxylation sites is 2. The first-order valence-corrected chi connectivity index (χ1v) is 17.4. The van der Waals surface area contributed by atoms with E-state index in [9.17, 15) is 25.9 Å². The summed E-state index contributed by atoms with van der Waals surface area (Å²) in [5.74, 6) is 0.538. The second-order valence-corrected chi connectivity index (χ2v) is 13.7. The van der Waals surface area contributed by atoms with Crippen LogP contribution in [0.1, 0.15) is 0 Å². The van der Waals surface area contributed by atoms with Crippen molar-refractivity contribution in [2.24, 2.45) is 0 Å². The van der Waals surface area contributed by atoms with E-state index in [0.29, 0.717) is 50.4 Å². The Bertz CT molecular complexity index is 2600. The molecule has 0 spiro atoms. The molecule has 1 aromatic heterocycles. The quantitative estimate of drug-likeness (QED) is 0.0582. The molecule has 4 N–H and O–H groups in total. The number of nitrogens with one attached hydrogen (secondary N) is 2. The molecule has 13 heteroatoms. The zero-order chi connectivity index (χ0) is 33.6. The van der Waals surface area contributed by atoms with Crippen molar-refractivity contribution in [3.8, 4) is 11.4 Å². The van der Waals surface area contributed by atoms with Crippen LogP contribution < -0.4 is 19.9 Å². The van der Waals surface area contributed by atoms with Crippen molar-refractivity contribution < 1.29 is 35.2 Å². The lowest BCUT2D eigenvalue weighted by molar-refractivity contribution is -0.538. The molecule has 0 bridgehead atoms.